The molecule has 0 saturated heterocycles. The Balaban J connectivity index is 1.27. The molecule has 2 nitrogen and oxygen atoms in total. The Morgan fingerprint density at radius 1 is 0.276 bits per heavy atom. The van der Waals surface area contributed by atoms with Crippen molar-refractivity contribution >= 4 is 75.4 Å². The fourth-order valence-electron chi connectivity index (χ4n) is 10.1. The maximum Gasteiger partial charge on any atom is 0.0998 e. The van der Waals surface area contributed by atoms with Gasteiger partial charge in [0.05, 0.1) is 23.3 Å². The second kappa shape index (κ2) is 12.2. The van der Waals surface area contributed by atoms with Crippen LogP contribution in [-0.2, 0) is 0 Å². The standard InChI is InChI=1S/C56H30N2/c57-31-33-24-25-38(32-58)47(28-33)37-17-9-16-36(29-37)39-26-27-46-52-42(39)20-10-23-45(52)55-50(34-12-3-1-4-13-34)49-30-48-41-19-8-7-18-40(41)43-21-11-22-44(53(43)48)54(49)51(56(46)55)35-14-5-2-6-15-35/h1-30H. The molecule has 0 atom stereocenters. The van der Waals surface area contributed by atoms with Gasteiger partial charge < -0.3 is 0 Å². The van der Waals surface area contributed by atoms with Gasteiger partial charge in [-0.2, -0.15) is 10.5 Å². The van der Waals surface area contributed by atoms with Gasteiger partial charge in [-0.1, -0.05) is 152 Å². The summed E-state index contributed by atoms with van der Waals surface area (Å²) in [5.41, 5.74) is 9.85. The summed E-state index contributed by atoms with van der Waals surface area (Å²) in [5.74, 6) is 0. The highest BCUT2D eigenvalue weighted by molar-refractivity contribution is 6.45. The average molecular weight is 731 g/mol. The van der Waals surface area contributed by atoms with Crippen molar-refractivity contribution in [3.8, 4) is 56.6 Å². The Bertz CT molecular complexity index is 3740. The molecule has 0 radical (unpaired) electrons. The Hall–Kier alpha value is -8.04. The van der Waals surface area contributed by atoms with Crippen LogP contribution in [0.5, 0.6) is 0 Å². The van der Waals surface area contributed by atoms with Crippen molar-refractivity contribution in [1.82, 2.24) is 0 Å². The van der Waals surface area contributed by atoms with E-state index in [4.69, 9.17) is 0 Å². The van der Waals surface area contributed by atoms with Crippen molar-refractivity contribution in [3.63, 3.8) is 0 Å². The van der Waals surface area contributed by atoms with Crippen LogP contribution in [0.4, 0.5) is 0 Å². The molecule has 58 heavy (non-hydrogen) atoms. The van der Waals surface area contributed by atoms with Crippen molar-refractivity contribution < 1.29 is 0 Å². The number of hydrogen-bond donors (Lipinski definition) is 0. The van der Waals surface area contributed by atoms with Crippen molar-refractivity contribution in [3.05, 3.63) is 193 Å². The first-order chi connectivity index (χ1) is 28.7. The number of nitriles is 2. The van der Waals surface area contributed by atoms with Gasteiger partial charge in [0.15, 0.2) is 0 Å². The molecule has 12 aromatic rings. The molecule has 0 aliphatic rings. The van der Waals surface area contributed by atoms with Gasteiger partial charge in [-0.25, -0.2) is 0 Å². The van der Waals surface area contributed by atoms with E-state index in [1.807, 2.05) is 12.1 Å². The van der Waals surface area contributed by atoms with E-state index in [0.717, 1.165) is 22.3 Å². The van der Waals surface area contributed by atoms with Crippen LogP contribution in [0, 0.1) is 22.7 Å². The van der Waals surface area contributed by atoms with E-state index in [1.54, 1.807) is 12.1 Å². The van der Waals surface area contributed by atoms with Crippen LogP contribution in [-0.4, -0.2) is 0 Å². The zero-order valence-corrected chi connectivity index (χ0v) is 31.2. The summed E-state index contributed by atoms with van der Waals surface area (Å²) in [6, 6.07) is 69.7. The van der Waals surface area contributed by atoms with Crippen molar-refractivity contribution in [2.75, 3.05) is 0 Å². The Morgan fingerprint density at radius 3 is 1.53 bits per heavy atom. The minimum atomic E-state index is 0.532. The van der Waals surface area contributed by atoms with E-state index >= 15 is 0 Å². The lowest BCUT2D eigenvalue weighted by atomic mass is 9.84. The van der Waals surface area contributed by atoms with Gasteiger partial charge in [-0.15, -0.1) is 0 Å². The third-order valence-electron chi connectivity index (χ3n) is 12.4. The van der Waals surface area contributed by atoms with Gasteiger partial charge in [-0.05, 0) is 145 Å². The molecule has 0 unspecified atom stereocenters. The average Bonchev–Trinajstić information content (AvgIpc) is 3.80. The third kappa shape index (κ3) is 4.40. The maximum atomic E-state index is 10.0. The molecule has 0 fully saturated rings. The summed E-state index contributed by atoms with van der Waals surface area (Å²) in [6.45, 7) is 0. The molecule has 264 valence electrons. The van der Waals surface area contributed by atoms with Crippen molar-refractivity contribution in [1.29, 1.82) is 10.5 Å². The van der Waals surface area contributed by atoms with Gasteiger partial charge in [0.1, 0.15) is 0 Å². The van der Waals surface area contributed by atoms with E-state index in [9.17, 15) is 10.5 Å². The predicted molar refractivity (Wildman–Crippen MR) is 243 cm³/mol. The van der Waals surface area contributed by atoms with E-state index in [1.165, 1.54) is 97.7 Å². The van der Waals surface area contributed by atoms with Crippen LogP contribution >= 0.6 is 0 Å². The molecule has 0 aromatic heterocycles. The molecular weight excluding hydrogens is 701 g/mol. The first-order valence-corrected chi connectivity index (χ1v) is 19.6. The van der Waals surface area contributed by atoms with Gasteiger partial charge in [-0.3, -0.25) is 0 Å². The summed E-state index contributed by atoms with van der Waals surface area (Å²) in [4.78, 5) is 0. The van der Waals surface area contributed by atoms with Gasteiger partial charge in [0, 0.05) is 5.56 Å². The molecule has 2 heteroatoms. The second-order valence-electron chi connectivity index (χ2n) is 15.3. The highest BCUT2D eigenvalue weighted by Crippen LogP contribution is 2.55. The molecule has 0 bridgehead atoms. The lowest BCUT2D eigenvalue weighted by Crippen LogP contribution is -1.91. The largest absolute Gasteiger partial charge is 0.192 e. The maximum absolute atomic E-state index is 10.0. The van der Waals surface area contributed by atoms with Crippen LogP contribution < -0.4 is 0 Å². The number of hydrogen-bond acceptors (Lipinski definition) is 2. The Morgan fingerprint density at radius 2 is 0.810 bits per heavy atom. The summed E-state index contributed by atoms with van der Waals surface area (Å²) in [5, 5.41) is 37.4. The minimum absolute atomic E-state index is 0.532. The fraction of sp³-hybridized carbons (Fsp3) is 0. The van der Waals surface area contributed by atoms with Crippen LogP contribution in [0.15, 0.2) is 182 Å². The highest BCUT2D eigenvalue weighted by Gasteiger charge is 2.27. The molecule has 0 aliphatic carbocycles. The van der Waals surface area contributed by atoms with Gasteiger partial charge in [0.25, 0.3) is 0 Å². The quantitative estimate of drug-likeness (QED) is 0.169. The zero-order chi connectivity index (χ0) is 38.5. The third-order valence-corrected chi connectivity index (χ3v) is 12.4. The lowest BCUT2D eigenvalue weighted by Gasteiger charge is -2.19. The summed E-state index contributed by atoms with van der Waals surface area (Å²) in [6.07, 6.45) is 0. The molecule has 0 amide bonds. The Kier molecular flexibility index (Phi) is 6.80. The first kappa shape index (κ1) is 32.2. The molecule has 0 N–H and O–H groups in total. The molecule has 12 aromatic carbocycles. The monoisotopic (exact) mass is 730 g/mol. The zero-order valence-electron chi connectivity index (χ0n) is 31.2. The van der Waals surface area contributed by atoms with Gasteiger partial charge >= 0.3 is 0 Å². The summed E-state index contributed by atoms with van der Waals surface area (Å²) < 4.78 is 0. The number of fused-ring (bicyclic) bond motifs is 8. The van der Waals surface area contributed by atoms with Gasteiger partial charge in [0.2, 0.25) is 0 Å². The second-order valence-corrected chi connectivity index (χ2v) is 15.3. The van der Waals surface area contributed by atoms with E-state index in [0.29, 0.717) is 11.1 Å². The molecule has 0 saturated carbocycles. The minimum Gasteiger partial charge on any atom is -0.192 e. The molecule has 0 aliphatic heterocycles. The predicted octanol–water partition coefficient (Wildman–Crippen LogP) is 15.0. The van der Waals surface area contributed by atoms with Crippen LogP contribution in [0.3, 0.4) is 0 Å². The smallest absolute Gasteiger partial charge is 0.0998 e. The van der Waals surface area contributed by atoms with Crippen molar-refractivity contribution in [2.45, 2.75) is 0 Å². The Labute approximate surface area is 334 Å². The topological polar surface area (TPSA) is 47.6 Å². The molecule has 0 spiro atoms. The molecule has 12 rings (SSSR count). The molecular formula is C56H30N2. The van der Waals surface area contributed by atoms with Crippen molar-refractivity contribution in [2.24, 2.45) is 0 Å². The van der Waals surface area contributed by atoms with E-state index < -0.39 is 0 Å². The lowest BCUT2D eigenvalue weighted by molar-refractivity contribution is 1.45. The summed E-state index contributed by atoms with van der Waals surface area (Å²) in [7, 11) is 0. The molecule has 0 heterocycles. The SMILES string of the molecule is N#Cc1ccc(C#N)c(-c2cccc(-c3ccc4c5c(-c6ccccc6)c6c(cc7c8ccccc8c8cccc6c87)c(-c6ccccc6)c5c5cccc3c54)c2)c1. The number of benzene rings is 10. The fourth-order valence-corrected chi connectivity index (χ4v) is 10.1. The van der Waals surface area contributed by atoms with E-state index in [-0.39, 0.29) is 0 Å². The van der Waals surface area contributed by atoms with Crippen LogP contribution in [0.2, 0.25) is 0 Å². The normalized spacial score (nSPS) is 11.8. The number of nitrogens with zero attached hydrogens (tertiary/aromatic N) is 2. The highest BCUT2D eigenvalue weighted by atomic mass is 14.3. The van der Waals surface area contributed by atoms with Crippen LogP contribution in [0.1, 0.15) is 11.1 Å². The van der Waals surface area contributed by atoms with Crippen LogP contribution in [0.25, 0.3) is 120 Å². The first-order valence-electron chi connectivity index (χ1n) is 19.6. The number of rotatable bonds is 4. The summed E-state index contributed by atoms with van der Waals surface area (Å²) >= 11 is 0. The van der Waals surface area contributed by atoms with E-state index in [2.05, 4.69) is 170 Å².